The van der Waals surface area contributed by atoms with Gasteiger partial charge in [-0.15, -0.1) is 0 Å². The lowest BCUT2D eigenvalue weighted by Gasteiger charge is -2.15. The lowest BCUT2D eigenvalue weighted by Crippen LogP contribution is -2.15. The minimum absolute atomic E-state index is 0.00311. The monoisotopic (exact) mass is 393 g/mol. The van der Waals surface area contributed by atoms with E-state index in [1.165, 1.54) is 18.3 Å². The number of amides is 1. The van der Waals surface area contributed by atoms with Gasteiger partial charge in [0.15, 0.2) is 0 Å². The van der Waals surface area contributed by atoms with E-state index in [0.29, 0.717) is 23.5 Å². The van der Waals surface area contributed by atoms with Crippen LogP contribution in [-0.2, 0) is 6.42 Å². The number of carbonyl (C=O) groups excluding carboxylic acids is 1. The van der Waals surface area contributed by atoms with E-state index in [0.717, 1.165) is 17.7 Å². The van der Waals surface area contributed by atoms with Crippen molar-refractivity contribution < 1.29 is 13.9 Å². The van der Waals surface area contributed by atoms with Crippen LogP contribution in [0.25, 0.3) is 0 Å². The molecule has 0 unspecified atom stereocenters. The zero-order chi connectivity index (χ0) is 20.6. The van der Waals surface area contributed by atoms with Crippen LogP contribution in [0.4, 0.5) is 15.8 Å². The van der Waals surface area contributed by atoms with Gasteiger partial charge in [0.05, 0.1) is 23.0 Å². The van der Waals surface area contributed by atoms with E-state index in [2.05, 4.69) is 15.6 Å². The van der Waals surface area contributed by atoms with Crippen molar-refractivity contribution in [2.24, 2.45) is 0 Å². The minimum Gasteiger partial charge on any atom is -0.489 e. The molecule has 150 valence electrons. The second-order valence-electron chi connectivity index (χ2n) is 6.88. The van der Waals surface area contributed by atoms with Gasteiger partial charge in [-0.3, -0.25) is 9.78 Å². The molecule has 0 aliphatic rings. The van der Waals surface area contributed by atoms with Crippen LogP contribution in [0.5, 0.6) is 5.75 Å². The van der Waals surface area contributed by atoms with Crippen molar-refractivity contribution in [2.75, 3.05) is 17.2 Å². The molecule has 2 aromatic carbocycles. The predicted octanol–water partition coefficient (Wildman–Crippen LogP) is 4.91. The number of pyridine rings is 1. The number of benzene rings is 2. The maximum absolute atomic E-state index is 13.0. The molecular weight excluding hydrogens is 369 g/mol. The molecular formula is C23H24FN3O2. The number of hydrogen-bond acceptors (Lipinski definition) is 4. The van der Waals surface area contributed by atoms with Gasteiger partial charge in [-0.2, -0.15) is 0 Å². The molecule has 1 heterocycles. The Morgan fingerprint density at radius 1 is 1.10 bits per heavy atom. The third-order valence-corrected chi connectivity index (χ3v) is 4.15. The standard InChI is InChI=1S/C23H24FN3O2/c1-16(2)29-22-6-4-3-5-21(22)27-23(28)18-13-20(15-25-14-18)26-12-11-17-7-9-19(24)10-8-17/h3-10,13-16,26H,11-12H2,1-2H3,(H,27,28). The van der Waals surface area contributed by atoms with Crippen LogP contribution >= 0.6 is 0 Å². The second kappa shape index (κ2) is 9.68. The van der Waals surface area contributed by atoms with E-state index in [4.69, 9.17) is 4.74 Å². The van der Waals surface area contributed by atoms with Crippen molar-refractivity contribution in [3.63, 3.8) is 0 Å². The molecule has 3 rings (SSSR count). The van der Waals surface area contributed by atoms with Crippen LogP contribution in [0.1, 0.15) is 29.8 Å². The number of carbonyl (C=O) groups is 1. The maximum atomic E-state index is 13.0. The number of para-hydroxylation sites is 2. The Morgan fingerprint density at radius 2 is 1.86 bits per heavy atom. The summed E-state index contributed by atoms with van der Waals surface area (Å²) >= 11 is 0. The van der Waals surface area contributed by atoms with Gasteiger partial charge in [-0.25, -0.2) is 4.39 Å². The van der Waals surface area contributed by atoms with E-state index in [1.54, 1.807) is 30.5 Å². The topological polar surface area (TPSA) is 63.2 Å². The van der Waals surface area contributed by atoms with Gasteiger partial charge >= 0.3 is 0 Å². The maximum Gasteiger partial charge on any atom is 0.257 e. The zero-order valence-electron chi connectivity index (χ0n) is 16.5. The Morgan fingerprint density at radius 3 is 2.62 bits per heavy atom. The summed E-state index contributed by atoms with van der Waals surface area (Å²) in [5.41, 5.74) is 2.82. The summed E-state index contributed by atoms with van der Waals surface area (Å²) in [5.74, 6) is 0.113. The van der Waals surface area contributed by atoms with Crippen molar-refractivity contribution in [1.82, 2.24) is 4.98 Å². The quantitative estimate of drug-likeness (QED) is 0.570. The van der Waals surface area contributed by atoms with Gasteiger partial charge in [0, 0.05) is 18.9 Å². The minimum atomic E-state index is -0.264. The molecule has 2 N–H and O–H groups in total. The zero-order valence-corrected chi connectivity index (χ0v) is 16.5. The summed E-state index contributed by atoms with van der Waals surface area (Å²) in [6, 6.07) is 15.5. The number of rotatable bonds is 8. The Labute approximate surface area is 169 Å². The van der Waals surface area contributed by atoms with Crippen LogP contribution < -0.4 is 15.4 Å². The highest BCUT2D eigenvalue weighted by Crippen LogP contribution is 2.25. The summed E-state index contributed by atoms with van der Waals surface area (Å²) < 4.78 is 18.7. The SMILES string of the molecule is CC(C)Oc1ccccc1NC(=O)c1cncc(NCCc2ccc(F)cc2)c1. The lowest BCUT2D eigenvalue weighted by molar-refractivity contribution is 0.102. The van der Waals surface area contributed by atoms with Crippen molar-refractivity contribution in [3.05, 3.63) is 83.9 Å². The van der Waals surface area contributed by atoms with Crippen LogP contribution in [0.3, 0.4) is 0 Å². The van der Waals surface area contributed by atoms with Crippen molar-refractivity contribution in [1.29, 1.82) is 0 Å². The Kier molecular flexibility index (Phi) is 6.79. The summed E-state index contributed by atoms with van der Waals surface area (Å²) in [7, 11) is 0. The summed E-state index contributed by atoms with van der Waals surface area (Å²) in [5, 5.41) is 6.12. The molecule has 0 bridgehead atoms. The number of halogens is 1. The molecule has 1 amide bonds. The van der Waals surface area contributed by atoms with E-state index in [1.807, 2.05) is 32.0 Å². The van der Waals surface area contributed by atoms with Gasteiger partial charge in [0.1, 0.15) is 11.6 Å². The number of hydrogen-bond donors (Lipinski definition) is 2. The fourth-order valence-electron chi connectivity index (χ4n) is 2.78. The molecule has 0 fully saturated rings. The smallest absolute Gasteiger partial charge is 0.257 e. The third kappa shape index (κ3) is 6.04. The number of nitrogens with zero attached hydrogens (tertiary/aromatic N) is 1. The highest BCUT2D eigenvalue weighted by molar-refractivity contribution is 6.05. The first kappa shape index (κ1) is 20.3. The fraction of sp³-hybridized carbons (Fsp3) is 0.217. The first-order valence-electron chi connectivity index (χ1n) is 9.51. The molecule has 0 aliphatic heterocycles. The molecule has 0 aliphatic carbocycles. The van der Waals surface area contributed by atoms with Crippen LogP contribution in [-0.4, -0.2) is 23.5 Å². The second-order valence-corrected chi connectivity index (χ2v) is 6.88. The van der Waals surface area contributed by atoms with Gasteiger partial charge in [0.25, 0.3) is 5.91 Å². The molecule has 6 heteroatoms. The molecule has 0 saturated carbocycles. The highest BCUT2D eigenvalue weighted by Gasteiger charge is 2.11. The van der Waals surface area contributed by atoms with E-state index in [9.17, 15) is 9.18 Å². The molecule has 0 spiro atoms. The third-order valence-electron chi connectivity index (χ3n) is 4.15. The largest absolute Gasteiger partial charge is 0.489 e. The molecule has 0 saturated heterocycles. The van der Waals surface area contributed by atoms with Gasteiger partial charge in [-0.05, 0) is 56.2 Å². The van der Waals surface area contributed by atoms with Crippen LogP contribution in [0, 0.1) is 5.82 Å². The lowest BCUT2D eigenvalue weighted by atomic mass is 10.1. The van der Waals surface area contributed by atoms with Crippen LogP contribution in [0.2, 0.25) is 0 Å². The molecule has 0 atom stereocenters. The van der Waals surface area contributed by atoms with E-state index < -0.39 is 0 Å². The fourth-order valence-corrected chi connectivity index (χ4v) is 2.78. The summed E-state index contributed by atoms with van der Waals surface area (Å²) in [4.78, 5) is 16.8. The summed E-state index contributed by atoms with van der Waals surface area (Å²) in [6.07, 6.45) is 3.92. The van der Waals surface area contributed by atoms with Crippen molar-refractivity contribution >= 4 is 17.3 Å². The Balaban J connectivity index is 1.61. The van der Waals surface area contributed by atoms with Gasteiger partial charge in [-0.1, -0.05) is 24.3 Å². The molecule has 3 aromatic rings. The molecule has 1 aromatic heterocycles. The van der Waals surface area contributed by atoms with Crippen molar-refractivity contribution in [2.45, 2.75) is 26.4 Å². The average Bonchev–Trinajstić information content (AvgIpc) is 2.71. The Bertz CT molecular complexity index is 958. The first-order chi connectivity index (χ1) is 14.0. The first-order valence-corrected chi connectivity index (χ1v) is 9.51. The summed E-state index contributed by atoms with van der Waals surface area (Å²) in [6.45, 7) is 4.51. The van der Waals surface area contributed by atoms with Gasteiger partial charge in [0.2, 0.25) is 0 Å². The number of ether oxygens (including phenoxy) is 1. The molecule has 0 radical (unpaired) electrons. The van der Waals surface area contributed by atoms with E-state index in [-0.39, 0.29) is 17.8 Å². The normalized spacial score (nSPS) is 10.6. The number of nitrogens with one attached hydrogen (secondary N) is 2. The average molecular weight is 393 g/mol. The van der Waals surface area contributed by atoms with Crippen LogP contribution in [0.15, 0.2) is 67.0 Å². The Hall–Kier alpha value is -3.41. The number of aromatic nitrogens is 1. The molecule has 29 heavy (non-hydrogen) atoms. The van der Waals surface area contributed by atoms with Crippen molar-refractivity contribution in [3.8, 4) is 5.75 Å². The molecule has 5 nitrogen and oxygen atoms in total. The highest BCUT2D eigenvalue weighted by atomic mass is 19.1. The van der Waals surface area contributed by atoms with E-state index >= 15 is 0 Å². The predicted molar refractivity (Wildman–Crippen MR) is 113 cm³/mol. The van der Waals surface area contributed by atoms with Gasteiger partial charge < -0.3 is 15.4 Å². The number of anilines is 2.